The van der Waals surface area contributed by atoms with E-state index in [1.54, 1.807) is 18.2 Å². The minimum atomic E-state index is -3.64. The van der Waals surface area contributed by atoms with E-state index < -0.39 is 10.0 Å². The van der Waals surface area contributed by atoms with Crippen LogP contribution in [0.25, 0.3) is 0 Å². The summed E-state index contributed by atoms with van der Waals surface area (Å²) < 4.78 is 22.9. The zero-order valence-corrected chi connectivity index (χ0v) is 13.0. The summed E-state index contributed by atoms with van der Waals surface area (Å²) in [5, 5.41) is 8.70. The number of rotatable bonds is 3. The van der Waals surface area contributed by atoms with Gasteiger partial charge < -0.3 is 5.32 Å². The summed E-state index contributed by atoms with van der Waals surface area (Å²) in [7, 11) is -3.64. The van der Waals surface area contributed by atoms with E-state index in [1.165, 1.54) is 19.3 Å². The topological polar surface area (TPSA) is 72.2 Å². The molecule has 2 atom stereocenters. The van der Waals surface area contributed by atoms with Crippen molar-refractivity contribution in [2.75, 3.05) is 5.32 Å². The zero-order chi connectivity index (χ0) is 14.8. The van der Waals surface area contributed by atoms with Crippen molar-refractivity contribution in [2.24, 2.45) is 11.1 Å². The molecule has 1 aromatic carbocycles. The Bertz CT molecular complexity index is 569. The Labute approximate surface area is 121 Å². The van der Waals surface area contributed by atoms with Gasteiger partial charge in [0.1, 0.15) is 0 Å². The molecule has 2 unspecified atom stereocenters. The van der Waals surface area contributed by atoms with Crippen LogP contribution in [0.5, 0.6) is 0 Å². The third-order valence-electron chi connectivity index (χ3n) is 4.15. The van der Waals surface area contributed by atoms with Crippen molar-refractivity contribution in [3.8, 4) is 0 Å². The number of hydrogen-bond acceptors (Lipinski definition) is 3. The van der Waals surface area contributed by atoms with E-state index in [0.29, 0.717) is 6.04 Å². The molecule has 1 saturated carbocycles. The molecule has 1 aromatic rings. The molecule has 0 radical (unpaired) electrons. The highest BCUT2D eigenvalue weighted by molar-refractivity contribution is 7.89. The van der Waals surface area contributed by atoms with Gasteiger partial charge >= 0.3 is 0 Å². The molecule has 1 fully saturated rings. The van der Waals surface area contributed by atoms with E-state index in [-0.39, 0.29) is 4.90 Å². The Morgan fingerprint density at radius 3 is 2.65 bits per heavy atom. The van der Waals surface area contributed by atoms with Crippen molar-refractivity contribution in [1.29, 1.82) is 0 Å². The largest absolute Gasteiger partial charge is 0.382 e. The standard InChI is InChI=1S/C15H24N2O2S/c1-11-4-3-5-13(8-6-11)17-15-10-14(20(16,18)19)9-7-12(15)2/h7,9-11,13,17H,3-6,8H2,1-2H3,(H2,16,18,19). The number of anilines is 1. The second-order valence-electron chi connectivity index (χ2n) is 5.98. The maximum atomic E-state index is 11.4. The predicted molar refractivity (Wildman–Crippen MR) is 82.2 cm³/mol. The summed E-state index contributed by atoms with van der Waals surface area (Å²) in [6.45, 7) is 4.28. The van der Waals surface area contributed by atoms with E-state index in [0.717, 1.165) is 30.0 Å². The van der Waals surface area contributed by atoms with Crippen LogP contribution in [-0.2, 0) is 10.0 Å². The van der Waals surface area contributed by atoms with Crippen molar-refractivity contribution >= 4 is 15.7 Å². The molecule has 0 aliphatic heterocycles. The van der Waals surface area contributed by atoms with Crippen LogP contribution >= 0.6 is 0 Å². The van der Waals surface area contributed by atoms with Gasteiger partial charge in [-0.25, -0.2) is 13.6 Å². The molecular weight excluding hydrogens is 272 g/mol. The van der Waals surface area contributed by atoms with Gasteiger partial charge in [-0.3, -0.25) is 0 Å². The lowest BCUT2D eigenvalue weighted by molar-refractivity contribution is 0.502. The highest BCUT2D eigenvalue weighted by atomic mass is 32.2. The summed E-state index contributed by atoms with van der Waals surface area (Å²) in [6.07, 6.45) is 6.02. The number of aryl methyl sites for hydroxylation is 1. The smallest absolute Gasteiger partial charge is 0.238 e. The monoisotopic (exact) mass is 296 g/mol. The first-order valence-corrected chi connectivity index (χ1v) is 8.81. The van der Waals surface area contributed by atoms with Crippen LogP contribution in [0.15, 0.2) is 23.1 Å². The third-order valence-corrected chi connectivity index (χ3v) is 5.07. The molecule has 0 heterocycles. The lowest BCUT2D eigenvalue weighted by Gasteiger charge is -2.20. The summed E-state index contributed by atoms with van der Waals surface area (Å²) in [5.74, 6) is 0.790. The van der Waals surface area contributed by atoms with E-state index in [4.69, 9.17) is 5.14 Å². The Morgan fingerprint density at radius 2 is 1.95 bits per heavy atom. The molecule has 0 spiro atoms. The van der Waals surface area contributed by atoms with Gasteiger partial charge in [0.15, 0.2) is 0 Å². The number of nitrogens with one attached hydrogen (secondary N) is 1. The first-order chi connectivity index (χ1) is 9.36. The van der Waals surface area contributed by atoms with E-state index in [9.17, 15) is 8.42 Å². The molecule has 2 rings (SSSR count). The maximum absolute atomic E-state index is 11.4. The van der Waals surface area contributed by atoms with Gasteiger partial charge in [-0.05, 0) is 49.8 Å². The average molecular weight is 296 g/mol. The summed E-state index contributed by atoms with van der Waals surface area (Å²) in [6, 6.07) is 5.44. The van der Waals surface area contributed by atoms with Crippen LogP contribution < -0.4 is 10.5 Å². The van der Waals surface area contributed by atoms with Crippen LogP contribution in [0.3, 0.4) is 0 Å². The van der Waals surface area contributed by atoms with Gasteiger partial charge in [-0.2, -0.15) is 0 Å². The summed E-state index contributed by atoms with van der Waals surface area (Å²) in [4.78, 5) is 0.174. The van der Waals surface area contributed by atoms with Crippen molar-refractivity contribution < 1.29 is 8.42 Å². The van der Waals surface area contributed by atoms with Crippen LogP contribution in [0, 0.1) is 12.8 Å². The Morgan fingerprint density at radius 1 is 1.20 bits per heavy atom. The lowest BCUT2D eigenvalue weighted by atomic mass is 10.0. The van der Waals surface area contributed by atoms with Gasteiger partial charge in [0.05, 0.1) is 4.90 Å². The molecule has 3 N–H and O–H groups in total. The highest BCUT2D eigenvalue weighted by Crippen LogP contribution is 2.27. The number of benzene rings is 1. The van der Waals surface area contributed by atoms with Crippen LogP contribution in [0.2, 0.25) is 0 Å². The van der Waals surface area contributed by atoms with E-state index in [1.807, 2.05) is 6.92 Å². The Balaban J connectivity index is 2.16. The minimum absolute atomic E-state index is 0.174. The van der Waals surface area contributed by atoms with Gasteiger partial charge in [0.2, 0.25) is 10.0 Å². The predicted octanol–water partition coefficient (Wildman–Crippen LogP) is 3.02. The highest BCUT2D eigenvalue weighted by Gasteiger charge is 2.17. The van der Waals surface area contributed by atoms with Crippen molar-refractivity contribution in [2.45, 2.75) is 56.9 Å². The first-order valence-electron chi connectivity index (χ1n) is 7.26. The summed E-state index contributed by atoms with van der Waals surface area (Å²) >= 11 is 0. The SMILES string of the molecule is Cc1ccc(S(N)(=O)=O)cc1NC1CCCC(C)CC1. The summed E-state index contributed by atoms with van der Waals surface area (Å²) in [5.41, 5.74) is 1.94. The van der Waals surface area contributed by atoms with Gasteiger partial charge in [0.25, 0.3) is 0 Å². The van der Waals surface area contributed by atoms with E-state index in [2.05, 4.69) is 12.2 Å². The molecule has 1 aliphatic carbocycles. The quantitative estimate of drug-likeness (QED) is 0.842. The molecule has 0 bridgehead atoms. The molecule has 20 heavy (non-hydrogen) atoms. The average Bonchev–Trinajstić information content (AvgIpc) is 2.56. The second kappa shape index (κ2) is 6.14. The van der Waals surface area contributed by atoms with Crippen molar-refractivity contribution in [3.05, 3.63) is 23.8 Å². The van der Waals surface area contributed by atoms with Gasteiger partial charge in [-0.15, -0.1) is 0 Å². The van der Waals surface area contributed by atoms with Crippen LogP contribution in [-0.4, -0.2) is 14.5 Å². The fourth-order valence-corrected chi connectivity index (χ4v) is 3.32. The van der Waals surface area contributed by atoms with Crippen molar-refractivity contribution in [1.82, 2.24) is 0 Å². The fourth-order valence-electron chi connectivity index (χ4n) is 2.78. The second-order valence-corrected chi connectivity index (χ2v) is 7.54. The number of sulfonamides is 1. The Kier molecular flexibility index (Phi) is 4.70. The first kappa shape index (κ1) is 15.3. The molecule has 4 nitrogen and oxygen atoms in total. The lowest BCUT2D eigenvalue weighted by Crippen LogP contribution is -2.20. The van der Waals surface area contributed by atoms with Gasteiger partial charge in [0, 0.05) is 11.7 Å². The zero-order valence-electron chi connectivity index (χ0n) is 12.2. The number of hydrogen-bond donors (Lipinski definition) is 2. The minimum Gasteiger partial charge on any atom is -0.382 e. The molecular formula is C15H24N2O2S. The van der Waals surface area contributed by atoms with E-state index >= 15 is 0 Å². The van der Waals surface area contributed by atoms with Crippen molar-refractivity contribution in [3.63, 3.8) is 0 Å². The van der Waals surface area contributed by atoms with Crippen LogP contribution in [0.1, 0.15) is 44.6 Å². The molecule has 5 heteroatoms. The van der Waals surface area contributed by atoms with Gasteiger partial charge in [-0.1, -0.05) is 25.8 Å². The maximum Gasteiger partial charge on any atom is 0.238 e. The van der Waals surface area contributed by atoms with Crippen LogP contribution in [0.4, 0.5) is 5.69 Å². The number of primary sulfonamides is 1. The molecule has 0 aromatic heterocycles. The molecule has 1 aliphatic rings. The molecule has 112 valence electrons. The Hall–Kier alpha value is -1.07. The fraction of sp³-hybridized carbons (Fsp3) is 0.600. The third kappa shape index (κ3) is 3.96. The number of nitrogens with two attached hydrogens (primary N) is 1. The molecule has 0 amide bonds. The normalized spacial score (nSPS) is 24.1. The molecule has 0 saturated heterocycles.